The first-order valence-corrected chi connectivity index (χ1v) is 8.03. The van der Waals surface area contributed by atoms with Crippen LogP contribution in [0.3, 0.4) is 0 Å². The van der Waals surface area contributed by atoms with Crippen molar-refractivity contribution in [1.29, 1.82) is 0 Å². The summed E-state index contributed by atoms with van der Waals surface area (Å²) in [7, 11) is 0. The topological polar surface area (TPSA) is 50.4 Å². The fraction of sp³-hybridized carbons (Fsp3) is 0.316. The number of anilines is 1. The predicted molar refractivity (Wildman–Crippen MR) is 91.7 cm³/mol. The maximum absolute atomic E-state index is 12.3. The minimum atomic E-state index is -0.285. The second-order valence-electron chi connectivity index (χ2n) is 6.17. The standard InChI is InChI=1S/C19H22N2O2/c1-13(2)11-12-23-17-10-6-4-8-15(17)18-20-16-9-5-3-7-14(16)19(22)21-18/h3-10,13,18,20H,11-12H2,1-2H3,(H,21,22). The second-order valence-corrected chi connectivity index (χ2v) is 6.17. The molecule has 2 aromatic rings. The number of para-hydroxylation sites is 2. The zero-order chi connectivity index (χ0) is 16.2. The predicted octanol–water partition coefficient (Wildman–Crippen LogP) is 3.97. The summed E-state index contributed by atoms with van der Waals surface area (Å²) in [5, 5.41) is 6.37. The summed E-state index contributed by atoms with van der Waals surface area (Å²) < 4.78 is 5.93. The van der Waals surface area contributed by atoms with E-state index in [1.807, 2.05) is 48.5 Å². The Kier molecular flexibility index (Phi) is 4.51. The number of rotatable bonds is 5. The van der Waals surface area contributed by atoms with Gasteiger partial charge in [0.2, 0.25) is 0 Å². The number of hydrogen-bond donors (Lipinski definition) is 2. The lowest BCUT2D eigenvalue weighted by molar-refractivity contribution is 0.0935. The fourth-order valence-electron chi connectivity index (χ4n) is 2.62. The highest BCUT2D eigenvalue weighted by Gasteiger charge is 2.26. The first-order valence-electron chi connectivity index (χ1n) is 8.03. The first-order chi connectivity index (χ1) is 11.1. The third kappa shape index (κ3) is 3.47. The van der Waals surface area contributed by atoms with Gasteiger partial charge in [0.1, 0.15) is 11.9 Å². The molecular weight excluding hydrogens is 288 g/mol. The minimum absolute atomic E-state index is 0.0682. The lowest BCUT2D eigenvalue weighted by Gasteiger charge is -2.29. The zero-order valence-corrected chi connectivity index (χ0v) is 13.5. The van der Waals surface area contributed by atoms with E-state index in [9.17, 15) is 4.79 Å². The maximum atomic E-state index is 12.3. The van der Waals surface area contributed by atoms with Crippen molar-refractivity contribution in [3.8, 4) is 5.75 Å². The largest absolute Gasteiger partial charge is 0.493 e. The molecule has 0 radical (unpaired) electrons. The molecule has 120 valence electrons. The molecule has 1 unspecified atom stereocenters. The Morgan fingerprint density at radius 3 is 2.61 bits per heavy atom. The quantitative estimate of drug-likeness (QED) is 0.878. The number of benzene rings is 2. The molecule has 1 heterocycles. The van der Waals surface area contributed by atoms with Crippen molar-refractivity contribution in [1.82, 2.24) is 5.32 Å². The van der Waals surface area contributed by atoms with Crippen molar-refractivity contribution >= 4 is 11.6 Å². The van der Waals surface area contributed by atoms with Gasteiger partial charge in [-0.25, -0.2) is 0 Å². The number of carbonyl (C=O) groups excluding carboxylic acids is 1. The third-order valence-corrected chi connectivity index (χ3v) is 3.93. The van der Waals surface area contributed by atoms with Gasteiger partial charge in [0.05, 0.1) is 12.2 Å². The normalized spacial score (nSPS) is 16.5. The molecular formula is C19H22N2O2. The van der Waals surface area contributed by atoms with E-state index in [-0.39, 0.29) is 12.1 Å². The molecule has 0 saturated heterocycles. The van der Waals surface area contributed by atoms with Gasteiger partial charge in [-0.2, -0.15) is 0 Å². The fourth-order valence-corrected chi connectivity index (χ4v) is 2.62. The number of hydrogen-bond acceptors (Lipinski definition) is 3. The molecule has 0 saturated carbocycles. The van der Waals surface area contributed by atoms with E-state index in [0.29, 0.717) is 18.1 Å². The van der Waals surface area contributed by atoms with Gasteiger partial charge in [-0.15, -0.1) is 0 Å². The van der Waals surface area contributed by atoms with Crippen LogP contribution in [0.1, 0.15) is 42.4 Å². The second kappa shape index (κ2) is 6.73. The number of amides is 1. The summed E-state index contributed by atoms with van der Waals surface area (Å²) in [5.41, 5.74) is 2.46. The van der Waals surface area contributed by atoms with Crippen molar-refractivity contribution < 1.29 is 9.53 Å². The molecule has 1 atom stereocenters. The third-order valence-electron chi connectivity index (χ3n) is 3.93. The van der Waals surface area contributed by atoms with Crippen LogP contribution in [-0.2, 0) is 0 Å². The van der Waals surface area contributed by atoms with Crippen LogP contribution < -0.4 is 15.4 Å². The highest BCUT2D eigenvalue weighted by Crippen LogP contribution is 2.31. The van der Waals surface area contributed by atoms with E-state index in [4.69, 9.17) is 4.74 Å². The summed E-state index contributed by atoms with van der Waals surface area (Å²) in [5.74, 6) is 1.34. The summed E-state index contributed by atoms with van der Waals surface area (Å²) in [6.07, 6.45) is 0.717. The summed E-state index contributed by atoms with van der Waals surface area (Å²) in [4.78, 5) is 12.3. The van der Waals surface area contributed by atoms with Gasteiger partial charge in [-0.3, -0.25) is 4.79 Å². The van der Waals surface area contributed by atoms with Crippen molar-refractivity contribution in [2.24, 2.45) is 5.92 Å². The van der Waals surface area contributed by atoms with E-state index in [1.165, 1.54) is 0 Å². The van der Waals surface area contributed by atoms with Crippen LogP contribution in [0.25, 0.3) is 0 Å². The van der Waals surface area contributed by atoms with Crippen molar-refractivity contribution in [2.45, 2.75) is 26.4 Å². The van der Waals surface area contributed by atoms with E-state index in [0.717, 1.165) is 23.4 Å². The average molecular weight is 310 g/mol. The van der Waals surface area contributed by atoms with Crippen LogP contribution >= 0.6 is 0 Å². The smallest absolute Gasteiger partial charge is 0.255 e. The Balaban J connectivity index is 1.81. The Morgan fingerprint density at radius 2 is 1.78 bits per heavy atom. The molecule has 4 nitrogen and oxygen atoms in total. The van der Waals surface area contributed by atoms with Gasteiger partial charge < -0.3 is 15.4 Å². The van der Waals surface area contributed by atoms with Gasteiger partial charge in [-0.1, -0.05) is 44.2 Å². The Labute approximate surface area is 136 Å². The minimum Gasteiger partial charge on any atom is -0.493 e. The molecule has 0 bridgehead atoms. The van der Waals surface area contributed by atoms with Crippen LogP contribution in [0.15, 0.2) is 48.5 Å². The lowest BCUT2D eigenvalue weighted by Crippen LogP contribution is -2.38. The number of ether oxygens (including phenoxy) is 1. The molecule has 23 heavy (non-hydrogen) atoms. The van der Waals surface area contributed by atoms with Gasteiger partial charge in [0, 0.05) is 11.3 Å². The van der Waals surface area contributed by atoms with Gasteiger partial charge in [-0.05, 0) is 30.5 Å². The maximum Gasteiger partial charge on any atom is 0.255 e. The summed E-state index contributed by atoms with van der Waals surface area (Å²) in [6, 6.07) is 15.4. The van der Waals surface area contributed by atoms with Gasteiger partial charge >= 0.3 is 0 Å². The van der Waals surface area contributed by atoms with E-state index in [2.05, 4.69) is 24.5 Å². The van der Waals surface area contributed by atoms with E-state index >= 15 is 0 Å². The molecule has 0 fully saturated rings. The number of fused-ring (bicyclic) bond motifs is 1. The molecule has 2 aromatic carbocycles. The molecule has 0 aliphatic carbocycles. The molecule has 3 rings (SSSR count). The Hall–Kier alpha value is -2.49. The van der Waals surface area contributed by atoms with Crippen LogP contribution in [0.2, 0.25) is 0 Å². The van der Waals surface area contributed by atoms with Crippen LogP contribution in [0.5, 0.6) is 5.75 Å². The van der Waals surface area contributed by atoms with Crippen LogP contribution in [0, 0.1) is 5.92 Å². The van der Waals surface area contributed by atoms with Crippen molar-refractivity contribution in [2.75, 3.05) is 11.9 Å². The SMILES string of the molecule is CC(C)CCOc1ccccc1C1NC(=O)c2ccccc2N1. The van der Waals surface area contributed by atoms with Gasteiger partial charge in [0.25, 0.3) is 5.91 Å². The van der Waals surface area contributed by atoms with E-state index < -0.39 is 0 Å². The molecule has 2 N–H and O–H groups in total. The summed E-state index contributed by atoms with van der Waals surface area (Å²) in [6.45, 7) is 5.02. The zero-order valence-electron chi connectivity index (χ0n) is 13.5. The Morgan fingerprint density at radius 1 is 1.04 bits per heavy atom. The Bertz CT molecular complexity index is 697. The molecule has 0 aromatic heterocycles. The number of nitrogens with one attached hydrogen (secondary N) is 2. The van der Waals surface area contributed by atoms with Gasteiger partial charge in [0.15, 0.2) is 0 Å². The van der Waals surface area contributed by atoms with Crippen LogP contribution in [-0.4, -0.2) is 12.5 Å². The molecule has 1 aliphatic rings. The van der Waals surface area contributed by atoms with Crippen LogP contribution in [0.4, 0.5) is 5.69 Å². The highest BCUT2D eigenvalue weighted by atomic mass is 16.5. The lowest BCUT2D eigenvalue weighted by atomic mass is 10.0. The molecule has 1 aliphatic heterocycles. The highest BCUT2D eigenvalue weighted by molar-refractivity contribution is 6.01. The van der Waals surface area contributed by atoms with E-state index in [1.54, 1.807) is 0 Å². The summed E-state index contributed by atoms with van der Waals surface area (Å²) >= 11 is 0. The monoisotopic (exact) mass is 310 g/mol. The van der Waals surface area contributed by atoms with Crippen molar-refractivity contribution in [3.63, 3.8) is 0 Å². The van der Waals surface area contributed by atoms with Crippen molar-refractivity contribution in [3.05, 3.63) is 59.7 Å². The first kappa shape index (κ1) is 15.4. The number of carbonyl (C=O) groups is 1. The molecule has 0 spiro atoms. The molecule has 4 heteroatoms. The molecule has 1 amide bonds. The average Bonchev–Trinajstić information content (AvgIpc) is 2.55.